The number of hydrogen-bond acceptors (Lipinski definition) is 3. The van der Waals surface area contributed by atoms with Crippen LogP contribution in [0.2, 0.25) is 0 Å². The molecule has 0 saturated carbocycles. The molecule has 0 radical (unpaired) electrons. The Labute approximate surface area is 144 Å². The molecule has 0 aliphatic carbocycles. The summed E-state index contributed by atoms with van der Waals surface area (Å²) in [5, 5.41) is 6.12. The summed E-state index contributed by atoms with van der Waals surface area (Å²) in [6, 6.07) is 5.72. The Morgan fingerprint density at radius 2 is 2.08 bits per heavy atom. The number of hydrogen-bond donors (Lipinski definition) is 2. The van der Waals surface area contributed by atoms with E-state index < -0.39 is 0 Å². The van der Waals surface area contributed by atoms with Gasteiger partial charge in [0.25, 0.3) is 0 Å². The number of rotatable bonds is 5. The Balaban J connectivity index is 1.96. The molecule has 0 aromatic heterocycles. The van der Waals surface area contributed by atoms with Gasteiger partial charge in [-0.2, -0.15) is 0 Å². The zero-order chi connectivity index (χ0) is 17.7. The molecule has 1 fully saturated rings. The molecule has 1 aliphatic heterocycles. The first-order valence-corrected chi connectivity index (χ1v) is 8.80. The van der Waals surface area contributed by atoms with Crippen molar-refractivity contribution in [3.63, 3.8) is 0 Å². The van der Waals surface area contributed by atoms with Crippen LogP contribution in [0, 0.1) is 18.8 Å². The lowest BCUT2D eigenvalue weighted by molar-refractivity contribution is -0.131. The van der Waals surface area contributed by atoms with E-state index in [4.69, 9.17) is 0 Å². The minimum absolute atomic E-state index is 0.0109. The van der Waals surface area contributed by atoms with Crippen molar-refractivity contribution in [1.29, 1.82) is 0 Å². The first kappa shape index (κ1) is 18.3. The molecule has 0 bridgehead atoms. The number of nitrogens with one attached hydrogen (secondary N) is 2. The van der Waals surface area contributed by atoms with Crippen LogP contribution in [0.3, 0.4) is 0 Å². The van der Waals surface area contributed by atoms with Gasteiger partial charge in [0.2, 0.25) is 11.8 Å². The monoisotopic (exact) mass is 331 g/mol. The molecule has 1 aromatic rings. The summed E-state index contributed by atoms with van der Waals surface area (Å²) in [6.07, 6.45) is 2.29. The van der Waals surface area contributed by atoms with E-state index >= 15 is 0 Å². The van der Waals surface area contributed by atoms with Crippen molar-refractivity contribution < 1.29 is 9.59 Å². The molecule has 24 heavy (non-hydrogen) atoms. The number of amides is 2. The van der Waals surface area contributed by atoms with Gasteiger partial charge in [-0.05, 0) is 43.4 Å². The normalized spacial score (nSPS) is 17.7. The molecule has 0 spiro atoms. The van der Waals surface area contributed by atoms with Gasteiger partial charge in [-0.3, -0.25) is 9.59 Å². The number of piperidine rings is 1. The quantitative estimate of drug-likeness (QED) is 0.870. The summed E-state index contributed by atoms with van der Waals surface area (Å²) in [5.41, 5.74) is 2.69. The van der Waals surface area contributed by atoms with E-state index in [9.17, 15) is 9.59 Å². The topological polar surface area (TPSA) is 61.4 Å². The van der Waals surface area contributed by atoms with E-state index in [0.717, 1.165) is 36.4 Å². The van der Waals surface area contributed by atoms with Crippen molar-refractivity contribution in [2.45, 2.75) is 40.5 Å². The molecular weight excluding hydrogens is 302 g/mol. The molecule has 1 aliphatic rings. The van der Waals surface area contributed by atoms with Crippen LogP contribution in [-0.2, 0) is 9.59 Å². The van der Waals surface area contributed by atoms with Crippen LogP contribution in [0.15, 0.2) is 18.2 Å². The molecular formula is C19H29N3O2. The van der Waals surface area contributed by atoms with Crippen molar-refractivity contribution in [3.8, 4) is 0 Å². The van der Waals surface area contributed by atoms with Gasteiger partial charge in [-0.15, -0.1) is 0 Å². The number of benzene rings is 1. The second-order valence-electron chi connectivity index (χ2n) is 7.11. The SMILES string of the molecule is Cc1ccc(NC(=O)C(C)C)cc1NCC(=O)N1CCC[C@H](C)C1. The van der Waals surface area contributed by atoms with Crippen molar-refractivity contribution in [3.05, 3.63) is 23.8 Å². The highest BCUT2D eigenvalue weighted by atomic mass is 16.2. The average Bonchev–Trinajstić information content (AvgIpc) is 2.54. The summed E-state index contributed by atoms with van der Waals surface area (Å²) in [5.74, 6) is 0.644. The van der Waals surface area contributed by atoms with Crippen LogP contribution < -0.4 is 10.6 Å². The first-order valence-electron chi connectivity index (χ1n) is 8.80. The summed E-state index contributed by atoms with van der Waals surface area (Å²) in [4.78, 5) is 26.1. The van der Waals surface area contributed by atoms with Crippen LogP contribution in [0.5, 0.6) is 0 Å². The van der Waals surface area contributed by atoms with Crippen LogP contribution in [0.4, 0.5) is 11.4 Å². The van der Waals surface area contributed by atoms with Crippen LogP contribution in [0.1, 0.15) is 39.2 Å². The van der Waals surface area contributed by atoms with Gasteiger partial charge in [-0.25, -0.2) is 0 Å². The molecule has 5 nitrogen and oxygen atoms in total. The molecule has 1 atom stereocenters. The largest absolute Gasteiger partial charge is 0.376 e. The van der Waals surface area contributed by atoms with Gasteiger partial charge < -0.3 is 15.5 Å². The molecule has 5 heteroatoms. The summed E-state index contributed by atoms with van der Waals surface area (Å²) in [7, 11) is 0. The fourth-order valence-corrected chi connectivity index (χ4v) is 2.88. The molecule has 1 heterocycles. The number of carbonyl (C=O) groups excluding carboxylic acids is 2. The van der Waals surface area contributed by atoms with Crippen LogP contribution in [-0.4, -0.2) is 36.3 Å². The number of anilines is 2. The lowest BCUT2D eigenvalue weighted by atomic mass is 10.0. The maximum absolute atomic E-state index is 12.4. The van der Waals surface area contributed by atoms with E-state index in [-0.39, 0.29) is 24.3 Å². The molecule has 1 saturated heterocycles. The van der Waals surface area contributed by atoms with Crippen molar-refractivity contribution >= 4 is 23.2 Å². The fourth-order valence-electron chi connectivity index (χ4n) is 2.88. The standard InChI is InChI=1S/C19H29N3O2/c1-13(2)19(24)21-16-8-7-15(4)17(10-16)20-11-18(23)22-9-5-6-14(3)12-22/h7-8,10,13-14,20H,5-6,9,11-12H2,1-4H3,(H,21,24)/t14-/m0/s1. The highest BCUT2D eigenvalue weighted by Gasteiger charge is 2.20. The predicted octanol–water partition coefficient (Wildman–Crippen LogP) is 3.26. The predicted molar refractivity (Wildman–Crippen MR) is 98.1 cm³/mol. The Morgan fingerprint density at radius 1 is 1.33 bits per heavy atom. The van der Waals surface area contributed by atoms with E-state index in [1.54, 1.807) is 0 Å². The van der Waals surface area contributed by atoms with Gasteiger partial charge in [0.15, 0.2) is 0 Å². The third kappa shape index (κ3) is 4.98. The lowest BCUT2D eigenvalue weighted by Gasteiger charge is -2.31. The number of aryl methyl sites for hydroxylation is 1. The van der Waals surface area contributed by atoms with E-state index in [2.05, 4.69) is 17.6 Å². The minimum Gasteiger partial charge on any atom is -0.376 e. The third-order valence-electron chi connectivity index (χ3n) is 4.47. The summed E-state index contributed by atoms with van der Waals surface area (Å²) >= 11 is 0. The number of carbonyl (C=O) groups is 2. The molecule has 2 amide bonds. The Bertz CT molecular complexity index is 598. The summed E-state index contributed by atoms with van der Waals surface area (Å²) < 4.78 is 0. The highest BCUT2D eigenvalue weighted by Crippen LogP contribution is 2.21. The van der Waals surface area contributed by atoms with Crippen LogP contribution in [0.25, 0.3) is 0 Å². The molecule has 132 valence electrons. The average molecular weight is 331 g/mol. The van der Waals surface area contributed by atoms with Crippen LogP contribution >= 0.6 is 0 Å². The van der Waals surface area contributed by atoms with Gasteiger partial charge in [0.05, 0.1) is 6.54 Å². The fraction of sp³-hybridized carbons (Fsp3) is 0.579. The third-order valence-corrected chi connectivity index (χ3v) is 4.47. The van der Waals surface area contributed by atoms with Gasteiger partial charge in [0, 0.05) is 30.4 Å². The summed E-state index contributed by atoms with van der Waals surface area (Å²) in [6.45, 7) is 9.90. The first-order chi connectivity index (χ1) is 11.4. The molecule has 1 aromatic carbocycles. The Kier molecular flexibility index (Phi) is 6.23. The minimum atomic E-state index is -0.0645. The van der Waals surface area contributed by atoms with Gasteiger partial charge in [-0.1, -0.05) is 26.8 Å². The number of likely N-dealkylation sites (tertiary alicyclic amines) is 1. The van der Waals surface area contributed by atoms with E-state index in [0.29, 0.717) is 5.92 Å². The number of nitrogens with zero attached hydrogens (tertiary/aromatic N) is 1. The molecule has 2 N–H and O–H groups in total. The maximum atomic E-state index is 12.4. The van der Waals surface area contributed by atoms with Crippen molar-refractivity contribution in [2.24, 2.45) is 11.8 Å². The lowest BCUT2D eigenvalue weighted by Crippen LogP contribution is -2.42. The smallest absolute Gasteiger partial charge is 0.241 e. The van der Waals surface area contributed by atoms with E-state index in [1.807, 2.05) is 43.9 Å². The van der Waals surface area contributed by atoms with Gasteiger partial charge >= 0.3 is 0 Å². The van der Waals surface area contributed by atoms with Gasteiger partial charge in [0.1, 0.15) is 0 Å². The Hall–Kier alpha value is -2.04. The zero-order valence-corrected chi connectivity index (χ0v) is 15.2. The zero-order valence-electron chi connectivity index (χ0n) is 15.2. The second-order valence-corrected chi connectivity index (χ2v) is 7.11. The maximum Gasteiger partial charge on any atom is 0.241 e. The second kappa shape index (κ2) is 8.18. The van der Waals surface area contributed by atoms with Crippen molar-refractivity contribution in [1.82, 2.24) is 4.90 Å². The molecule has 2 rings (SSSR count). The van der Waals surface area contributed by atoms with Crippen molar-refractivity contribution in [2.75, 3.05) is 30.3 Å². The van der Waals surface area contributed by atoms with E-state index in [1.165, 1.54) is 6.42 Å². The highest BCUT2D eigenvalue weighted by molar-refractivity contribution is 5.92. The Morgan fingerprint density at radius 3 is 2.75 bits per heavy atom. The molecule has 0 unspecified atom stereocenters.